The molecule has 2 unspecified atom stereocenters. The van der Waals surface area contributed by atoms with Crippen LogP contribution in [-0.2, 0) is 0 Å². The summed E-state index contributed by atoms with van der Waals surface area (Å²) in [7, 11) is 0. The molecule has 17 heavy (non-hydrogen) atoms. The van der Waals surface area contributed by atoms with Crippen molar-refractivity contribution >= 4 is 11.8 Å². The zero-order valence-corrected chi connectivity index (χ0v) is 13.1. The van der Waals surface area contributed by atoms with Crippen LogP contribution in [0.25, 0.3) is 0 Å². The van der Waals surface area contributed by atoms with Crippen LogP contribution in [0, 0.1) is 0 Å². The molecular formula is C14H30N2S. The van der Waals surface area contributed by atoms with Gasteiger partial charge in [0, 0.05) is 36.5 Å². The fourth-order valence-corrected chi connectivity index (χ4v) is 3.70. The lowest BCUT2D eigenvalue weighted by Gasteiger charge is -2.44. The first-order valence-electron chi connectivity index (χ1n) is 7.13. The molecule has 1 aliphatic rings. The summed E-state index contributed by atoms with van der Waals surface area (Å²) in [6, 6.07) is 1.38. The summed E-state index contributed by atoms with van der Waals surface area (Å²) in [4.78, 5) is 2.73. The first-order valence-corrected chi connectivity index (χ1v) is 8.35. The third kappa shape index (κ3) is 3.87. The Hall–Kier alpha value is 0.270. The second-order valence-electron chi connectivity index (χ2n) is 5.40. The van der Waals surface area contributed by atoms with Gasteiger partial charge in [-0.15, -0.1) is 0 Å². The summed E-state index contributed by atoms with van der Waals surface area (Å²) in [5, 5.41) is 3.60. The molecule has 1 aliphatic heterocycles. The standard InChI is InChI=1S/C14H30N2S/c1-6-13-9-15-12(4)10-16(13)11-14(7-2,8-3)17-5/h12-13,15H,6-11H2,1-5H3. The van der Waals surface area contributed by atoms with Gasteiger partial charge in [-0.2, -0.15) is 11.8 Å². The normalized spacial score (nSPS) is 27.4. The van der Waals surface area contributed by atoms with E-state index in [9.17, 15) is 0 Å². The largest absolute Gasteiger partial charge is 0.311 e. The maximum absolute atomic E-state index is 3.60. The number of nitrogens with zero attached hydrogens (tertiary/aromatic N) is 1. The second kappa shape index (κ2) is 7.01. The molecule has 0 bridgehead atoms. The van der Waals surface area contributed by atoms with Gasteiger partial charge in [-0.3, -0.25) is 4.90 Å². The van der Waals surface area contributed by atoms with Crippen LogP contribution in [0.3, 0.4) is 0 Å². The fourth-order valence-electron chi connectivity index (χ4n) is 2.82. The predicted octanol–water partition coefficient (Wildman–Crippen LogP) is 2.98. The predicted molar refractivity (Wildman–Crippen MR) is 79.9 cm³/mol. The molecule has 0 aromatic rings. The summed E-state index contributed by atoms with van der Waals surface area (Å²) >= 11 is 2.06. The Morgan fingerprint density at radius 2 is 1.94 bits per heavy atom. The smallest absolute Gasteiger partial charge is 0.0279 e. The molecule has 3 heteroatoms. The Bertz CT molecular complexity index is 208. The van der Waals surface area contributed by atoms with Gasteiger partial charge in [-0.1, -0.05) is 20.8 Å². The van der Waals surface area contributed by atoms with Crippen LogP contribution in [0.2, 0.25) is 0 Å². The Morgan fingerprint density at radius 3 is 2.41 bits per heavy atom. The van der Waals surface area contributed by atoms with Crippen LogP contribution >= 0.6 is 11.8 Å². The van der Waals surface area contributed by atoms with Crippen LogP contribution in [0.15, 0.2) is 0 Å². The minimum atomic E-state index is 0.463. The molecule has 1 rings (SSSR count). The summed E-state index contributed by atoms with van der Waals surface area (Å²) in [6.45, 7) is 12.9. The molecule has 1 fully saturated rings. The van der Waals surface area contributed by atoms with Gasteiger partial charge in [0.2, 0.25) is 0 Å². The highest BCUT2D eigenvalue weighted by molar-refractivity contribution is 8.00. The van der Waals surface area contributed by atoms with E-state index in [1.807, 2.05) is 0 Å². The Labute approximate surface area is 112 Å². The lowest BCUT2D eigenvalue weighted by atomic mass is 9.98. The van der Waals surface area contributed by atoms with E-state index >= 15 is 0 Å². The van der Waals surface area contributed by atoms with Crippen molar-refractivity contribution in [1.29, 1.82) is 0 Å². The van der Waals surface area contributed by atoms with Gasteiger partial charge < -0.3 is 5.32 Å². The van der Waals surface area contributed by atoms with Gasteiger partial charge in [0.05, 0.1) is 0 Å². The molecule has 0 spiro atoms. The van der Waals surface area contributed by atoms with Gasteiger partial charge in [0.25, 0.3) is 0 Å². The third-order valence-electron chi connectivity index (χ3n) is 4.41. The molecule has 1 heterocycles. The van der Waals surface area contributed by atoms with Crippen molar-refractivity contribution in [1.82, 2.24) is 10.2 Å². The SMILES string of the molecule is CCC1CNC(C)CN1CC(CC)(CC)SC. The monoisotopic (exact) mass is 258 g/mol. The molecule has 0 aromatic carbocycles. The summed E-state index contributed by atoms with van der Waals surface area (Å²) in [5.74, 6) is 0. The number of hydrogen-bond acceptors (Lipinski definition) is 3. The van der Waals surface area contributed by atoms with Crippen molar-refractivity contribution in [3.8, 4) is 0 Å². The quantitative estimate of drug-likeness (QED) is 0.788. The zero-order chi connectivity index (χ0) is 12.9. The van der Waals surface area contributed by atoms with Crippen LogP contribution in [-0.4, -0.2) is 47.6 Å². The lowest BCUT2D eigenvalue weighted by Crippen LogP contribution is -2.58. The summed E-state index contributed by atoms with van der Waals surface area (Å²) < 4.78 is 0.463. The van der Waals surface area contributed by atoms with Crippen molar-refractivity contribution in [2.45, 2.75) is 63.8 Å². The highest BCUT2D eigenvalue weighted by Gasteiger charge is 2.32. The van der Waals surface area contributed by atoms with E-state index in [0.29, 0.717) is 10.8 Å². The molecular weight excluding hydrogens is 228 g/mol. The van der Waals surface area contributed by atoms with E-state index in [1.54, 1.807) is 0 Å². The number of hydrogen-bond donors (Lipinski definition) is 1. The van der Waals surface area contributed by atoms with Gasteiger partial charge in [-0.05, 0) is 32.4 Å². The van der Waals surface area contributed by atoms with Gasteiger partial charge >= 0.3 is 0 Å². The third-order valence-corrected chi connectivity index (χ3v) is 5.98. The van der Waals surface area contributed by atoms with E-state index in [-0.39, 0.29) is 0 Å². The highest BCUT2D eigenvalue weighted by atomic mass is 32.2. The van der Waals surface area contributed by atoms with E-state index in [1.165, 1.54) is 32.4 Å². The number of piperazine rings is 1. The van der Waals surface area contributed by atoms with Crippen LogP contribution in [0.5, 0.6) is 0 Å². The highest BCUT2D eigenvalue weighted by Crippen LogP contribution is 2.32. The topological polar surface area (TPSA) is 15.3 Å². The summed E-state index contributed by atoms with van der Waals surface area (Å²) in [6.07, 6.45) is 6.09. The van der Waals surface area contributed by atoms with Crippen molar-refractivity contribution in [3.05, 3.63) is 0 Å². The van der Waals surface area contributed by atoms with Crippen LogP contribution < -0.4 is 5.32 Å². The summed E-state index contributed by atoms with van der Waals surface area (Å²) in [5.41, 5.74) is 0. The first kappa shape index (κ1) is 15.3. The van der Waals surface area contributed by atoms with Gasteiger partial charge in [0.15, 0.2) is 0 Å². The van der Waals surface area contributed by atoms with Crippen LogP contribution in [0.4, 0.5) is 0 Å². The molecule has 2 nitrogen and oxygen atoms in total. The minimum absolute atomic E-state index is 0.463. The Kier molecular flexibility index (Phi) is 6.32. The molecule has 1 saturated heterocycles. The number of nitrogens with one attached hydrogen (secondary N) is 1. The van der Waals surface area contributed by atoms with Crippen molar-refractivity contribution < 1.29 is 0 Å². The van der Waals surface area contributed by atoms with Gasteiger partial charge in [0.1, 0.15) is 0 Å². The molecule has 0 aliphatic carbocycles. The second-order valence-corrected chi connectivity index (χ2v) is 6.67. The Morgan fingerprint density at radius 1 is 1.29 bits per heavy atom. The average molecular weight is 258 g/mol. The molecule has 102 valence electrons. The number of thioether (sulfide) groups is 1. The Balaban J connectivity index is 2.68. The molecule has 1 N–H and O–H groups in total. The maximum atomic E-state index is 3.60. The number of rotatable bonds is 6. The van der Waals surface area contributed by atoms with E-state index in [2.05, 4.69) is 55.9 Å². The molecule has 0 saturated carbocycles. The van der Waals surface area contributed by atoms with E-state index < -0.39 is 0 Å². The van der Waals surface area contributed by atoms with Crippen LogP contribution in [0.1, 0.15) is 47.0 Å². The molecule has 0 amide bonds. The molecule has 0 radical (unpaired) electrons. The fraction of sp³-hybridized carbons (Fsp3) is 1.00. The zero-order valence-electron chi connectivity index (χ0n) is 12.3. The molecule has 2 atom stereocenters. The first-order chi connectivity index (χ1) is 8.10. The maximum Gasteiger partial charge on any atom is 0.0279 e. The van der Waals surface area contributed by atoms with Crippen molar-refractivity contribution in [3.63, 3.8) is 0 Å². The van der Waals surface area contributed by atoms with Gasteiger partial charge in [-0.25, -0.2) is 0 Å². The average Bonchev–Trinajstić information content (AvgIpc) is 2.36. The lowest BCUT2D eigenvalue weighted by molar-refractivity contribution is 0.116. The molecule has 0 aromatic heterocycles. The van der Waals surface area contributed by atoms with Crippen molar-refractivity contribution in [2.24, 2.45) is 0 Å². The van der Waals surface area contributed by atoms with Crippen molar-refractivity contribution in [2.75, 3.05) is 25.9 Å². The minimum Gasteiger partial charge on any atom is -0.311 e. The van der Waals surface area contributed by atoms with E-state index in [4.69, 9.17) is 0 Å². The van der Waals surface area contributed by atoms with E-state index in [0.717, 1.165) is 12.6 Å².